The van der Waals surface area contributed by atoms with Gasteiger partial charge in [0, 0.05) is 23.2 Å². The number of methoxy groups -OCH3 is 1. The van der Waals surface area contributed by atoms with Gasteiger partial charge in [-0.05, 0) is 30.7 Å². The summed E-state index contributed by atoms with van der Waals surface area (Å²) >= 11 is 1.18. The van der Waals surface area contributed by atoms with Crippen LogP contribution in [0.15, 0.2) is 53.9 Å². The molecule has 0 unspecified atom stereocenters. The van der Waals surface area contributed by atoms with Crippen molar-refractivity contribution in [3.8, 4) is 5.75 Å². The standard InChI is InChI=1S/C20H20N4O3S/c1-13-6-5-8-15(10-13)22-19(26)24-20-23-16(12-28-20)18(25)21-11-14-7-3-4-9-17(14)27-2/h3-10,12H,11H2,1-2H3,(H,21,25)(H2,22,23,24,26). The number of urea groups is 1. The molecule has 3 N–H and O–H groups in total. The van der Waals surface area contributed by atoms with Gasteiger partial charge >= 0.3 is 6.03 Å². The lowest BCUT2D eigenvalue weighted by atomic mass is 10.2. The highest BCUT2D eigenvalue weighted by atomic mass is 32.1. The van der Waals surface area contributed by atoms with Crippen LogP contribution in [0.2, 0.25) is 0 Å². The molecule has 0 aliphatic heterocycles. The number of para-hydroxylation sites is 1. The second-order valence-electron chi connectivity index (χ2n) is 5.98. The van der Waals surface area contributed by atoms with E-state index in [4.69, 9.17) is 4.74 Å². The van der Waals surface area contributed by atoms with E-state index >= 15 is 0 Å². The summed E-state index contributed by atoms with van der Waals surface area (Å²) in [7, 11) is 1.58. The number of aromatic nitrogens is 1. The van der Waals surface area contributed by atoms with E-state index in [0.717, 1.165) is 11.1 Å². The molecule has 1 aromatic heterocycles. The first-order valence-electron chi connectivity index (χ1n) is 8.55. The van der Waals surface area contributed by atoms with Crippen LogP contribution in [0.1, 0.15) is 21.6 Å². The van der Waals surface area contributed by atoms with Gasteiger partial charge in [-0.15, -0.1) is 11.3 Å². The fourth-order valence-corrected chi connectivity index (χ4v) is 3.22. The predicted molar refractivity (Wildman–Crippen MR) is 110 cm³/mol. The van der Waals surface area contributed by atoms with Crippen LogP contribution >= 0.6 is 11.3 Å². The molecule has 0 aliphatic rings. The van der Waals surface area contributed by atoms with Crippen molar-refractivity contribution in [3.05, 3.63) is 70.7 Å². The second-order valence-corrected chi connectivity index (χ2v) is 6.84. The molecular weight excluding hydrogens is 376 g/mol. The van der Waals surface area contributed by atoms with Crippen LogP contribution < -0.4 is 20.7 Å². The summed E-state index contributed by atoms with van der Waals surface area (Å²) in [4.78, 5) is 28.6. The molecular formula is C20H20N4O3S. The van der Waals surface area contributed by atoms with E-state index in [0.29, 0.717) is 23.1 Å². The molecule has 2 aromatic carbocycles. The zero-order chi connectivity index (χ0) is 19.9. The number of carbonyl (C=O) groups is 2. The minimum Gasteiger partial charge on any atom is -0.496 e. The van der Waals surface area contributed by atoms with Gasteiger partial charge in [-0.2, -0.15) is 0 Å². The summed E-state index contributed by atoms with van der Waals surface area (Å²) in [5.41, 5.74) is 2.83. The van der Waals surface area contributed by atoms with Crippen molar-refractivity contribution in [1.82, 2.24) is 10.3 Å². The van der Waals surface area contributed by atoms with Gasteiger partial charge in [0.2, 0.25) is 0 Å². The third-order valence-electron chi connectivity index (χ3n) is 3.87. The van der Waals surface area contributed by atoms with E-state index in [9.17, 15) is 9.59 Å². The van der Waals surface area contributed by atoms with Crippen LogP contribution in [-0.4, -0.2) is 24.0 Å². The summed E-state index contributed by atoms with van der Waals surface area (Å²) in [5.74, 6) is 0.380. The number of ether oxygens (including phenoxy) is 1. The summed E-state index contributed by atoms with van der Waals surface area (Å²) in [5, 5.41) is 10.1. The van der Waals surface area contributed by atoms with E-state index in [2.05, 4.69) is 20.9 Å². The number of aryl methyl sites for hydroxylation is 1. The monoisotopic (exact) mass is 396 g/mol. The molecule has 28 heavy (non-hydrogen) atoms. The Hall–Kier alpha value is -3.39. The molecule has 1 heterocycles. The average Bonchev–Trinajstić information content (AvgIpc) is 3.14. The van der Waals surface area contributed by atoms with Crippen molar-refractivity contribution >= 4 is 34.1 Å². The molecule has 0 radical (unpaired) electrons. The van der Waals surface area contributed by atoms with E-state index < -0.39 is 6.03 Å². The number of benzene rings is 2. The Morgan fingerprint density at radius 3 is 2.71 bits per heavy atom. The van der Waals surface area contributed by atoms with Gasteiger partial charge in [-0.1, -0.05) is 30.3 Å². The number of amides is 3. The molecule has 3 amide bonds. The Balaban J connectivity index is 1.55. The van der Waals surface area contributed by atoms with Crippen LogP contribution in [0.3, 0.4) is 0 Å². The van der Waals surface area contributed by atoms with Crippen molar-refractivity contribution in [2.45, 2.75) is 13.5 Å². The topological polar surface area (TPSA) is 92.4 Å². The number of carbonyl (C=O) groups excluding carboxylic acids is 2. The maximum atomic E-state index is 12.3. The summed E-state index contributed by atoms with van der Waals surface area (Å²) in [6, 6.07) is 14.5. The summed E-state index contributed by atoms with van der Waals surface area (Å²) in [6.07, 6.45) is 0. The SMILES string of the molecule is COc1ccccc1CNC(=O)c1csc(NC(=O)Nc2cccc(C)c2)n1. The molecule has 3 aromatic rings. The zero-order valence-electron chi connectivity index (χ0n) is 15.5. The lowest BCUT2D eigenvalue weighted by molar-refractivity contribution is 0.0946. The Morgan fingerprint density at radius 1 is 1.11 bits per heavy atom. The molecule has 0 bridgehead atoms. The van der Waals surface area contributed by atoms with E-state index in [-0.39, 0.29) is 11.6 Å². The fourth-order valence-electron chi connectivity index (χ4n) is 2.53. The molecule has 0 spiro atoms. The molecule has 144 valence electrons. The van der Waals surface area contributed by atoms with Crippen molar-refractivity contribution in [1.29, 1.82) is 0 Å². The zero-order valence-corrected chi connectivity index (χ0v) is 16.3. The van der Waals surface area contributed by atoms with Gasteiger partial charge in [0.05, 0.1) is 7.11 Å². The van der Waals surface area contributed by atoms with Gasteiger partial charge < -0.3 is 15.4 Å². The average molecular weight is 396 g/mol. The number of hydrogen-bond donors (Lipinski definition) is 3. The lowest BCUT2D eigenvalue weighted by Crippen LogP contribution is -2.24. The Bertz CT molecular complexity index is 987. The molecule has 0 saturated carbocycles. The van der Waals surface area contributed by atoms with E-state index in [1.54, 1.807) is 18.6 Å². The Morgan fingerprint density at radius 2 is 1.93 bits per heavy atom. The quantitative estimate of drug-likeness (QED) is 0.586. The number of nitrogens with one attached hydrogen (secondary N) is 3. The minimum absolute atomic E-state index is 0.241. The highest BCUT2D eigenvalue weighted by Gasteiger charge is 2.13. The van der Waals surface area contributed by atoms with Crippen molar-refractivity contribution < 1.29 is 14.3 Å². The van der Waals surface area contributed by atoms with E-state index in [1.807, 2.05) is 49.4 Å². The van der Waals surface area contributed by atoms with Gasteiger partial charge in [-0.3, -0.25) is 10.1 Å². The Labute approximate surface area is 166 Å². The predicted octanol–water partition coefficient (Wildman–Crippen LogP) is 4.03. The maximum absolute atomic E-state index is 12.3. The van der Waals surface area contributed by atoms with Crippen molar-refractivity contribution in [3.63, 3.8) is 0 Å². The normalized spacial score (nSPS) is 10.2. The van der Waals surface area contributed by atoms with E-state index in [1.165, 1.54) is 11.3 Å². The number of nitrogens with zero attached hydrogens (tertiary/aromatic N) is 1. The molecule has 7 nitrogen and oxygen atoms in total. The summed E-state index contributed by atoms with van der Waals surface area (Å²) < 4.78 is 5.27. The van der Waals surface area contributed by atoms with Crippen LogP contribution in [0.25, 0.3) is 0 Å². The highest BCUT2D eigenvalue weighted by molar-refractivity contribution is 7.14. The van der Waals surface area contributed by atoms with Crippen LogP contribution in [0.5, 0.6) is 5.75 Å². The summed E-state index contributed by atoms with van der Waals surface area (Å²) in [6.45, 7) is 2.26. The minimum atomic E-state index is -0.416. The first kappa shape index (κ1) is 19.4. The largest absolute Gasteiger partial charge is 0.496 e. The first-order valence-corrected chi connectivity index (χ1v) is 9.43. The third-order valence-corrected chi connectivity index (χ3v) is 4.62. The van der Waals surface area contributed by atoms with Crippen LogP contribution in [0.4, 0.5) is 15.6 Å². The second kappa shape index (κ2) is 9.01. The molecule has 8 heteroatoms. The molecule has 0 aliphatic carbocycles. The molecule has 0 fully saturated rings. The van der Waals surface area contributed by atoms with Gasteiger partial charge in [0.1, 0.15) is 11.4 Å². The molecule has 0 atom stereocenters. The molecule has 0 saturated heterocycles. The number of rotatable bonds is 6. The van der Waals surface area contributed by atoms with Gasteiger partial charge in [0.15, 0.2) is 5.13 Å². The highest BCUT2D eigenvalue weighted by Crippen LogP contribution is 2.19. The lowest BCUT2D eigenvalue weighted by Gasteiger charge is -2.08. The van der Waals surface area contributed by atoms with Crippen molar-refractivity contribution in [2.24, 2.45) is 0 Å². The molecule has 3 rings (SSSR count). The third kappa shape index (κ3) is 5.08. The van der Waals surface area contributed by atoms with Gasteiger partial charge in [-0.25, -0.2) is 9.78 Å². The van der Waals surface area contributed by atoms with Crippen LogP contribution in [0, 0.1) is 6.92 Å². The van der Waals surface area contributed by atoms with Crippen LogP contribution in [-0.2, 0) is 6.54 Å². The van der Waals surface area contributed by atoms with Crippen molar-refractivity contribution in [2.75, 3.05) is 17.7 Å². The fraction of sp³-hybridized carbons (Fsp3) is 0.150. The number of anilines is 2. The number of thiazole rings is 1. The van der Waals surface area contributed by atoms with Gasteiger partial charge in [0.25, 0.3) is 5.91 Å². The maximum Gasteiger partial charge on any atom is 0.325 e. The smallest absolute Gasteiger partial charge is 0.325 e. The Kier molecular flexibility index (Phi) is 6.23. The number of hydrogen-bond acceptors (Lipinski definition) is 5. The first-order chi connectivity index (χ1) is 13.5.